The molecule has 0 saturated heterocycles. The first-order valence-electron chi connectivity index (χ1n) is 6.27. The quantitative estimate of drug-likeness (QED) is 0.908. The number of halogens is 2. The van der Waals surface area contributed by atoms with E-state index in [1.165, 1.54) is 12.1 Å². The molecule has 108 valence electrons. The fraction of sp³-hybridized carbons (Fsp3) is 0.357. The minimum Gasteiger partial charge on any atom is -0.383 e. The summed E-state index contributed by atoms with van der Waals surface area (Å²) in [7, 11) is 1.66. The number of hydrogen-bond donors (Lipinski definition) is 1. The van der Waals surface area contributed by atoms with Gasteiger partial charge >= 0.3 is 0 Å². The van der Waals surface area contributed by atoms with Crippen LogP contribution in [0, 0.1) is 12.7 Å². The Morgan fingerprint density at radius 2 is 2.25 bits per heavy atom. The number of nitrogens with one attached hydrogen (secondary N) is 1. The Bertz CT molecular complexity index is 600. The average molecular weight is 298 g/mol. The van der Waals surface area contributed by atoms with Crippen molar-refractivity contribution in [3.63, 3.8) is 0 Å². The summed E-state index contributed by atoms with van der Waals surface area (Å²) >= 11 is 6.02. The van der Waals surface area contributed by atoms with Gasteiger partial charge in [0.25, 0.3) is 0 Å². The monoisotopic (exact) mass is 297 g/mol. The number of benzene rings is 1. The zero-order chi connectivity index (χ0) is 14.7. The third kappa shape index (κ3) is 3.29. The van der Waals surface area contributed by atoms with E-state index in [1.807, 2.05) is 24.6 Å². The molecule has 0 saturated carbocycles. The Kier molecular flexibility index (Phi) is 4.62. The van der Waals surface area contributed by atoms with Crippen molar-refractivity contribution in [2.45, 2.75) is 19.9 Å². The Morgan fingerprint density at radius 1 is 1.50 bits per heavy atom. The molecule has 0 spiro atoms. The molecule has 4 nitrogen and oxygen atoms in total. The van der Waals surface area contributed by atoms with Gasteiger partial charge in [-0.25, -0.2) is 9.37 Å². The third-order valence-corrected chi connectivity index (χ3v) is 3.23. The van der Waals surface area contributed by atoms with Crippen LogP contribution in [-0.2, 0) is 4.74 Å². The van der Waals surface area contributed by atoms with Crippen LogP contribution in [0.15, 0.2) is 24.4 Å². The maximum atomic E-state index is 13.0. The van der Waals surface area contributed by atoms with Gasteiger partial charge in [0.05, 0.1) is 29.1 Å². The number of aryl methyl sites for hydroxylation is 1. The molecule has 0 amide bonds. The van der Waals surface area contributed by atoms with Crippen LogP contribution >= 0.6 is 11.6 Å². The lowest BCUT2D eigenvalue weighted by Gasteiger charge is -2.16. The fourth-order valence-electron chi connectivity index (χ4n) is 1.98. The molecule has 0 aliphatic rings. The highest BCUT2D eigenvalue weighted by Crippen LogP contribution is 2.27. The SMILES string of the molecule is COCC(C)n1cc(C)nc1Nc1ccc(F)cc1Cl. The zero-order valence-electron chi connectivity index (χ0n) is 11.7. The molecule has 0 aliphatic heterocycles. The summed E-state index contributed by atoms with van der Waals surface area (Å²) in [5.41, 5.74) is 1.50. The van der Waals surface area contributed by atoms with Crippen molar-refractivity contribution in [3.8, 4) is 0 Å². The van der Waals surface area contributed by atoms with Crippen molar-refractivity contribution in [1.82, 2.24) is 9.55 Å². The Labute approximate surface area is 122 Å². The molecule has 0 fully saturated rings. The molecule has 1 aromatic carbocycles. The van der Waals surface area contributed by atoms with Gasteiger partial charge in [0, 0.05) is 13.3 Å². The third-order valence-electron chi connectivity index (χ3n) is 2.91. The van der Waals surface area contributed by atoms with Crippen LogP contribution in [0.25, 0.3) is 0 Å². The summed E-state index contributed by atoms with van der Waals surface area (Å²) in [4.78, 5) is 4.42. The number of rotatable bonds is 5. The Morgan fingerprint density at radius 3 is 2.90 bits per heavy atom. The van der Waals surface area contributed by atoms with E-state index in [0.29, 0.717) is 23.3 Å². The van der Waals surface area contributed by atoms with Crippen LogP contribution in [0.4, 0.5) is 16.0 Å². The first-order chi connectivity index (χ1) is 9.51. The van der Waals surface area contributed by atoms with Crippen molar-refractivity contribution in [3.05, 3.63) is 40.9 Å². The van der Waals surface area contributed by atoms with Crippen molar-refractivity contribution in [2.24, 2.45) is 0 Å². The number of imidazole rings is 1. The average Bonchev–Trinajstić information content (AvgIpc) is 2.74. The van der Waals surface area contributed by atoms with Gasteiger partial charge in [-0.1, -0.05) is 11.6 Å². The van der Waals surface area contributed by atoms with Gasteiger partial charge in [0.15, 0.2) is 0 Å². The summed E-state index contributed by atoms with van der Waals surface area (Å²) in [6.07, 6.45) is 1.93. The van der Waals surface area contributed by atoms with Crippen LogP contribution < -0.4 is 5.32 Å². The van der Waals surface area contributed by atoms with Crippen molar-refractivity contribution in [1.29, 1.82) is 0 Å². The number of anilines is 2. The van der Waals surface area contributed by atoms with Gasteiger partial charge in [-0.05, 0) is 32.0 Å². The van der Waals surface area contributed by atoms with Crippen LogP contribution in [0.1, 0.15) is 18.7 Å². The van der Waals surface area contributed by atoms with E-state index in [-0.39, 0.29) is 11.9 Å². The van der Waals surface area contributed by atoms with E-state index in [0.717, 1.165) is 5.69 Å². The maximum Gasteiger partial charge on any atom is 0.207 e. The Balaban J connectivity index is 2.29. The second-order valence-electron chi connectivity index (χ2n) is 4.67. The second-order valence-corrected chi connectivity index (χ2v) is 5.07. The minimum atomic E-state index is -0.368. The highest BCUT2D eigenvalue weighted by Gasteiger charge is 2.13. The number of nitrogens with zero attached hydrogens (tertiary/aromatic N) is 2. The predicted octanol–water partition coefficient (Wildman–Crippen LogP) is 3.94. The van der Waals surface area contributed by atoms with Gasteiger partial charge < -0.3 is 14.6 Å². The normalized spacial score (nSPS) is 12.4. The molecule has 6 heteroatoms. The van der Waals surface area contributed by atoms with E-state index in [1.54, 1.807) is 13.2 Å². The summed E-state index contributed by atoms with van der Waals surface area (Å²) in [5, 5.41) is 3.44. The van der Waals surface area contributed by atoms with Gasteiger partial charge in [-0.2, -0.15) is 0 Å². The molecule has 2 rings (SSSR count). The topological polar surface area (TPSA) is 39.1 Å². The lowest BCUT2D eigenvalue weighted by molar-refractivity contribution is 0.163. The van der Waals surface area contributed by atoms with Gasteiger partial charge in [0.2, 0.25) is 5.95 Å². The van der Waals surface area contributed by atoms with E-state index in [4.69, 9.17) is 16.3 Å². The summed E-state index contributed by atoms with van der Waals surface area (Å²) in [6.45, 7) is 4.51. The number of aromatic nitrogens is 2. The smallest absolute Gasteiger partial charge is 0.207 e. The van der Waals surface area contributed by atoms with Gasteiger partial charge in [-0.15, -0.1) is 0 Å². The lowest BCUT2D eigenvalue weighted by Crippen LogP contribution is -2.12. The van der Waals surface area contributed by atoms with Crippen LogP contribution in [0.5, 0.6) is 0 Å². The maximum absolute atomic E-state index is 13.0. The molecule has 2 aromatic rings. The second kappa shape index (κ2) is 6.24. The molecule has 1 N–H and O–H groups in total. The number of ether oxygens (including phenoxy) is 1. The highest BCUT2D eigenvalue weighted by atomic mass is 35.5. The van der Waals surface area contributed by atoms with E-state index in [2.05, 4.69) is 10.3 Å². The molecule has 0 bridgehead atoms. The molecule has 0 aliphatic carbocycles. The largest absolute Gasteiger partial charge is 0.383 e. The van der Waals surface area contributed by atoms with Gasteiger partial charge in [-0.3, -0.25) is 0 Å². The molecular weight excluding hydrogens is 281 g/mol. The summed E-state index contributed by atoms with van der Waals surface area (Å²) < 4.78 is 20.2. The molecule has 20 heavy (non-hydrogen) atoms. The molecule has 1 unspecified atom stereocenters. The lowest BCUT2D eigenvalue weighted by atomic mass is 10.3. The Hall–Kier alpha value is -1.59. The van der Waals surface area contributed by atoms with E-state index < -0.39 is 0 Å². The summed E-state index contributed by atoms with van der Waals surface area (Å²) in [5.74, 6) is 0.286. The van der Waals surface area contributed by atoms with Crippen molar-refractivity contribution in [2.75, 3.05) is 19.0 Å². The van der Waals surface area contributed by atoms with Crippen molar-refractivity contribution >= 4 is 23.2 Å². The van der Waals surface area contributed by atoms with Crippen LogP contribution in [0.3, 0.4) is 0 Å². The number of hydrogen-bond acceptors (Lipinski definition) is 3. The minimum absolute atomic E-state index is 0.128. The van der Waals surface area contributed by atoms with Gasteiger partial charge in [0.1, 0.15) is 5.82 Å². The van der Waals surface area contributed by atoms with E-state index in [9.17, 15) is 4.39 Å². The fourth-order valence-corrected chi connectivity index (χ4v) is 2.19. The first kappa shape index (κ1) is 14.8. The number of methoxy groups -OCH3 is 1. The van der Waals surface area contributed by atoms with Crippen LogP contribution in [-0.4, -0.2) is 23.3 Å². The predicted molar refractivity (Wildman–Crippen MR) is 78.2 cm³/mol. The standard InChI is InChI=1S/C14H17ClFN3O/c1-9-7-19(10(2)8-20-3)14(17-9)18-13-5-4-11(16)6-12(13)15/h4-7,10H,8H2,1-3H3,(H,17,18). The van der Waals surface area contributed by atoms with Crippen LogP contribution in [0.2, 0.25) is 5.02 Å². The highest BCUT2D eigenvalue weighted by molar-refractivity contribution is 6.33. The first-order valence-corrected chi connectivity index (χ1v) is 6.65. The summed E-state index contributed by atoms with van der Waals surface area (Å²) in [6, 6.07) is 4.34. The van der Waals surface area contributed by atoms with Crippen molar-refractivity contribution < 1.29 is 9.13 Å². The molecule has 1 aromatic heterocycles. The zero-order valence-corrected chi connectivity index (χ0v) is 12.4. The van der Waals surface area contributed by atoms with E-state index >= 15 is 0 Å². The molecule has 0 radical (unpaired) electrons. The molecule has 1 heterocycles. The molecule has 1 atom stereocenters. The molecular formula is C14H17ClFN3O.